The lowest BCUT2D eigenvalue weighted by Gasteiger charge is -2.43. The molecule has 6 nitrogen and oxygen atoms in total. The predicted molar refractivity (Wildman–Crippen MR) is 179 cm³/mol. The molecule has 266 valence electrons. The van der Waals surface area contributed by atoms with Crippen molar-refractivity contribution in [1.29, 1.82) is 0 Å². The van der Waals surface area contributed by atoms with Crippen LogP contribution in [-0.4, -0.2) is 89.7 Å². The molecule has 3 atom stereocenters. The van der Waals surface area contributed by atoms with Gasteiger partial charge in [0.15, 0.2) is 0 Å². The number of carbonyl (C=O) groups is 1. The fourth-order valence-corrected chi connectivity index (χ4v) is 6.21. The Morgan fingerprint density at radius 3 is 1.92 bits per heavy atom. The van der Waals surface area contributed by atoms with E-state index in [-0.39, 0.29) is 73.5 Å². The van der Waals surface area contributed by atoms with E-state index >= 15 is 0 Å². The van der Waals surface area contributed by atoms with E-state index in [4.69, 9.17) is 4.74 Å². The summed E-state index contributed by atoms with van der Waals surface area (Å²) in [6.45, 7) is 8.35. The molecule has 0 saturated carbocycles. The van der Waals surface area contributed by atoms with Crippen molar-refractivity contribution in [2.24, 2.45) is 0 Å². The molecular formula is C33H39Cl3F6N4O2. The number of hydrogen-bond donors (Lipinski definition) is 0. The maximum Gasteiger partial charge on any atom is 0.416 e. The average molecular weight is 744 g/mol. The standard InChI is InChI=1S/C33H36F6N4O2.3ClH/c1-22-19-42(20-23(2)45-22)12-11-41-13-14-43(30(21-41)15-24-3-5-28(6-4-24)32(34,35)36)31(44)27-16-26(25-7-9-40-10-8-25)17-29(18-27)33(37,38)39;;;/h3-10,16-18,22-23,30H,11-15,19-21H2,1-2H3;3*1H/t22?,23?,30-;;;/m1.../s1. The van der Waals surface area contributed by atoms with Crippen LogP contribution in [0.25, 0.3) is 11.1 Å². The second-order valence-corrected chi connectivity index (χ2v) is 11.9. The molecule has 0 spiro atoms. The van der Waals surface area contributed by atoms with E-state index in [1.165, 1.54) is 30.6 Å². The SMILES string of the molecule is CC1CN(CCN2CCN(C(=O)c3cc(-c4ccncc4)cc(C(F)(F)F)c3)[C@H](Cc3ccc(C(F)(F)F)cc3)C2)CC(C)O1.Cl.Cl.Cl. The molecule has 0 aliphatic carbocycles. The van der Waals surface area contributed by atoms with E-state index in [0.717, 1.165) is 43.9 Å². The summed E-state index contributed by atoms with van der Waals surface area (Å²) >= 11 is 0. The van der Waals surface area contributed by atoms with Crippen molar-refractivity contribution < 1.29 is 35.9 Å². The number of nitrogens with zero attached hydrogens (tertiary/aromatic N) is 4. The topological polar surface area (TPSA) is 48.9 Å². The molecule has 2 unspecified atom stereocenters. The van der Waals surface area contributed by atoms with Gasteiger partial charge in [0.2, 0.25) is 0 Å². The Morgan fingerprint density at radius 1 is 0.750 bits per heavy atom. The highest BCUT2D eigenvalue weighted by atomic mass is 35.5. The molecule has 0 radical (unpaired) electrons. The zero-order valence-corrected chi connectivity index (χ0v) is 28.8. The van der Waals surface area contributed by atoms with E-state index in [1.54, 1.807) is 17.0 Å². The smallest absolute Gasteiger partial charge is 0.373 e. The Morgan fingerprint density at radius 2 is 1.33 bits per heavy atom. The van der Waals surface area contributed by atoms with Crippen molar-refractivity contribution >= 4 is 43.1 Å². The number of amides is 1. The highest BCUT2D eigenvalue weighted by Gasteiger charge is 2.36. The van der Waals surface area contributed by atoms with Crippen molar-refractivity contribution in [2.75, 3.05) is 45.8 Å². The van der Waals surface area contributed by atoms with Crippen LogP contribution in [0.1, 0.15) is 40.9 Å². The number of rotatable bonds is 7. The van der Waals surface area contributed by atoms with E-state index in [2.05, 4.69) is 14.8 Å². The molecule has 0 bridgehead atoms. The Balaban J connectivity index is 0.00000267. The molecule has 0 N–H and O–H groups in total. The highest BCUT2D eigenvalue weighted by Crippen LogP contribution is 2.34. The summed E-state index contributed by atoms with van der Waals surface area (Å²) < 4.78 is 87.2. The molecule has 1 amide bonds. The molecule has 2 fully saturated rings. The first kappa shape index (κ1) is 41.6. The Hall–Kier alpha value is -2.61. The molecule has 1 aromatic heterocycles. The fraction of sp³-hybridized carbons (Fsp3) is 0.455. The monoisotopic (exact) mass is 742 g/mol. The van der Waals surface area contributed by atoms with Gasteiger partial charge in [-0.15, -0.1) is 37.2 Å². The van der Waals surface area contributed by atoms with E-state index < -0.39 is 35.4 Å². The zero-order chi connectivity index (χ0) is 32.4. The lowest BCUT2D eigenvalue weighted by molar-refractivity contribution is -0.138. The van der Waals surface area contributed by atoms with E-state index in [9.17, 15) is 31.1 Å². The predicted octanol–water partition coefficient (Wildman–Crippen LogP) is 7.53. The van der Waals surface area contributed by atoms with Gasteiger partial charge >= 0.3 is 12.4 Å². The van der Waals surface area contributed by atoms with Gasteiger partial charge in [-0.3, -0.25) is 19.6 Å². The third kappa shape index (κ3) is 10.7. The van der Waals surface area contributed by atoms with Gasteiger partial charge in [-0.25, -0.2) is 0 Å². The van der Waals surface area contributed by atoms with E-state index in [1.807, 2.05) is 13.8 Å². The highest BCUT2D eigenvalue weighted by molar-refractivity contribution is 5.96. The van der Waals surface area contributed by atoms with Crippen LogP contribution in [0, 0.1) is 0 Å². The largest absolute Gasteiger partial charge is 0.416 e. The van der Waals surface area contributed by atoms with Gasteiger partial charge in [-0.05, 0) is 79.4 Å². The normalized spacial score (nSPS) is 20.7. The lowest BCUT2D eigenvalue weighted by Crippen LogP contribution is -2.57. The molecule has 48 heavy (non-hydrogen) atoms. The maximum atomic E-state index is 14.0. The number of benzene rings is 2. The van der Waals surface area contributed by atoms with Crippen LogP contribution in [0.15, 0.2) is 67.0 Å². The van der Waals surface area contributed by atoms with Crippen molar-refractivity contribution in [1.82, 2.24) is 19.7 Å². The quantitative estimate of drug-likeness (QED) is 0.235. The van der Waals surface area contributed by atoms with Gasteiger partial charge in [0.05, 0.1) is 23.3 Å². The van der Waals surface area contributed by atoms with Gasteiger partial charge in [0, 0.05) is 69.8 Å². The minimum absolute atomic E-state index is 0. The van der Waals surface area contributed by atoms with Crippen LogP contribution in [-0.2, 0) is 23.5 Å². The molecular weight excluding hydrogens is 705 g/mol. The fourth-order valence-electron chi connectivity index (χ4n) is 6.21. The Bertz CT molecular complexity index is 1450. The molecule has 3 aromatic rings. The molecule has 3 heterocycles. The van der Waals surface area contributed by atoms with Crippen molar-refractivity contribution in [3.05, 3.63) is 89.2 Å². The number of pyridine rings is 1. The summed E-state index contributed by atoms with van der Waals surface area (Å²) in [4.78, 5) is 24.0. The summed E-state index contributed by atoms with van der Waals surface area (Å²) in [7, 11) is 0. The molecule has 2 saturated heterocycles. The Labute approximate surface area is 295 Å². The average Bonchev–Trinajstić information content (AvgIpc) is 2.99. The summed E-state index contributed by atoms with van der Waals surface area (Å²) in [6.07, 6.45) is -5.75. The number of piperazine rings is 1. The van der Waals surface area contributed by atoms with Crippen molar-refractivity contribution in [3.63, 3.8) is 0 Å². The summed E-state index contributed by atoms with van der Waals surface area (Å²) in [5.41, 5.74) is -0.479. The number of morpholine rings is 1. The molecule has 2 aliphatic rings. The van der Waals surface area contributed by atoms with Crippen molar-refractivity contribution in [2.45, 2.75) is 50.9 Å². The first-order valence-corrected chi connectivity index (χ1v) is 15.0. The second kappa shape index (κ2) is 17.4. The molecule has 2 aromatic carbocycles. The maximum absolute atomic E-state index is 14.0. The van der Waals surface area contributed by atoms with E-state index in [0.29, 0.717) is 30.8 Å². The van der Waals surface area contributed by atoms with Crippen molar-refractivity contribution in [3.8, 4) is 11.1 Å². The number of ether oxygens (including phenoxy) is 1. The van der Waals surface area contributed by atoms with Gasteiger partial charge < -0.3 is 9.64 Å². The summed E-state index contributed by atoms with van der Waals surface area (Å²) in [6, 6.07) is 10.8. The number of aromatic nitrogens is 1. The number of hydrogen-bond acceptors (Lipinski definition) is 5. The van der Waals surface area contributed by atoms with Gasteiger partial charge in [0.25, 0.3) is 5.91 Å². The molecule has 5 rings (SSSR count). The molecule has 2 aliphatic heterocycles. The number of alkyl halides is 6. The van der Waals surface area contributed by atoms with Crippen LogP contribution in [0.5, 0.6) is 0 Å². The van der Waals surface area contributed by atoms with Gasteiger partial charge in [0.1, 0.15) is 0 Å². The minimum Gasteiger partial charge on any atom is -0.373 e. The number of halogens is 9. The first-order valence-electron chi connectivity index (χ1n) is 15.0. The number of carbonyl (C=O) groups excluding carboxylic acids is 1. The van der Waals surface area contributed by atoms with Crippen LogP contribution < -0.4 is 0 Å². The van der Waals surface area contributed by atoms with Crippen LogP contribution >= 0.6 is 37.2 Å². The third-order valence-corrected chi connectivity index (χ3v) is 8.33. The van der Waals surface area contributed by atoms with Crippen LogP contribution in [0.2, 0.25) is 0 Å². The van der Waals surface area contributed by atoms with Gasteiger partial charge in [-0.1, -0.05) is 12.1 Å². The van der Waals surface area contributed by atoms with Crippen LogP contribution in [0.4, 0.5) is 26.3 Å². The summed E-state index contributed by atoms with van der Waals surface area (Å²) in [5, 5.41) is 0. The van der Waals surface area contributed by atoms with Crippen LogP contribution in [0.3, 0.4) is 0 Å². The minimum atomic E-state index is -4.68. The second-order valence-electron chi connectivity index (χ2n) is 11.9. The zero-order valence-electron chi connectivity index (χ0n) is 26.3. The Kier molecular flexibility index (Phi) is 15.0. The summed E-state index contributed by atoms with van der Waals surface area (Å²) in [5.74, 6) is -0.552. The molecule has 15 heteroatoms. The van der Waals surface area contributed by atoms with Gasteiger partial charge in [-0.2, -0.15) is 26.3 Å². The lowest BCUT2D eigenvalue weighted by atomic mass is 9.97. The first-order chi connectivity index (χ1) is 21.3. The third-order valence-electron chi connectivity index (χ3n) is 8.33.